The van der Waals surface area contributed by atoms with Crippen LogP contribution in [0, 0.1) is 12.3 Å². The molecule has 0 heterocycles. The number of rotatable bonds is 3. The van der Waals surface area contributed by atoms with Crippen molar-refractivity contribution in [2.45, 2.75) is 6.54 Å². The highest BCUT2D eigenvalue weighted by Gasteiger charge is 2.03. The Morgan fingerprint density at radius 1 is 1.50 bits per heavy atom. The van der Waals surface area contributed by atoms with E-state index in [2.05, 4.69) is 32.5 Å². The van der Waals surface area contributed by atoms with Crippen LogP contribution in [0.4, 0.5) is 4.79 Å². The predicted molar refractivity (Wildman–Crippen MR) is 68.2 cm³/mol. The van der Waals surface area contributed by atoms with Crippen molar-refractivity contribution >= 4 is 33.6 Å². The van der Waals surface area contributed by atoms with E-state index in [1.165, 1.54) is 0 Å². The van der Waals surface area contributed by atoms with Gasteiger partial charge in [-0.3, -0.25) is 0 Å². The number of terminal acetylenes is 1. The molecule has 0 aliphatic heterocycles. The zero-order valence-corrected chi connectivity index (χ0v) is 10.7. The molecule has 84 valence electrons. The quantitative estimate of drug-likeness (QED) is 0.828. The van der Waals surface area contributed by atoms with Crippen molar-refractivity contribution in [3.8, 4) is 12.3 Å². The van der Waals surface area contributed by atoms with Gasteiger partial charge in [-0.05, 0) is 17.7 Å². The normalized spacial score (nSPS) is 9.31. The number of urea groups is 1. The van der Waals surface area contributed by atoms with Crippen LogP contribution in [0.3, 0.4) is 0 Å². The number of hydrogen-bond donors (Lipinski definition) is 2. The summed E-state index contributed by atoms with van der Waals surface area (Å²) in [5.41, 5.74) is 0.848. The monoisotopic (exact) mass is 300 g/mol. The van der Waals surface area contributed by atoms with Gasteiger partial charge in [0.15, 0.2) is 0 Å². The molecule has 0 aliphatic rings. The van der Waals surface area contributed by atoms with E-state index < -0.39 is 0 Å². The zero-order valence-electron chi connectivity index (χ0n) is 8.39. The van der Waals surface area contributed by atoms with Gasteiger partial charge < -0.3 is 10.6 Å². The minimum Gasteiger partial charge on any atom is -0.334 e. The molecule has 2 N–H and O–H groups in total. The first-order chi connectivity index (χ1) is 7.63. The number of carbonyl (C=O) groups is 1. The van der Waals surface area contributed by atoms with Crippen LogP contribution >= 0.6 is 27.5 Å². The van der Waals surface area contributed by atoms with Crippen molar-refractivity contribution in [3.05, 3.63) is 33.3 Å². The first kappa shape index (κ1) is 12.9. The van der Waals surface area contributed by atoms with Crippen LogP contribution in [0.25, 0.3) is 0 Å². The maximum Gasteiger partial charge on any atom is 0.315 e. The van der Waals surface area contributed by atoms with Gasteiger partial charge in [-0.1, -0.05) is 39.5 Å². The van der Waals surface area contributed by atoms with E-state index in [4.69, 9.17) is 18.0 Å². The minimum absolute atomic E-state index is 0.208. The van der Waals surface area contributed by atoms with Gasteiger partial charge >= 0.3 is 6.03 Å². The summed E-state index contributed by atoms with van der Waals surface area (Å²) in [7, 11) is 0. The van der Waals surface area contributed by atoms with Crippen molar-refractivity contribution in [1.29, 1.82) is 0 Å². The number of carbonyl (C=O) groups excluding carboxylic acids is 1. The highest BCUT2D eigenvalue weighted by Crippen LogP contribution is 2.20. The second-order valence-corrected chi connectivity index (χ2v) is 4.30. The summed E-state index contributed by atoms with van der Waals surface area (Å²) in [5.74, 6) is 2.31. The predicted octanol–water partition coefficient (Wildman–Crippen LogP) is 2.53. The van der Waals surface area contributed by atoms with Gasteiger partial charge in [0, 0.05) is 16.0 Å². The van der Waals surface area contributed by atoms with Crippen molar-refractivity contribution in [1.82, 2.24) is 10.6 Å². The second-order valence-electron chi connectivity index (χ2n) is 2.98. The third-order valence-corrected chi connectivity index (χ3v) is 2.65. The van der Waals surface area contributed by atoms with Crippen LogP contribution in [0.5, 0.6) is 0 Å². The number of nitrogens with one attached hydrogen (secondary N) is 2. The van der Waals surface area contributed by atoms with Crippen molar-refractivity contribution in [2.75, 3.05) is 6.54 Å². The average molecular weight is 302 g/mol. The standard InChI is InChI=1S/C11H10BrClN2O/c1-2-5-14-11(16)15-7-8-3-4-9(12)6-10(8)13/h1,3-4,6H,5,7H2,(H2,14,15,16). The molecular formula is C11H10BrClN2O. The maximum absolute atomic E-state index is 11.2. The van der Waals surface area contributed by atoms with Crippen LogP contribution in [0.15, 0.2) is 22.7 Å². The fraction of sp³-hybridized carbons (Fsp3) is 0.182. The van der Waals surface area contributed by atoms with E-state index in [0.29, 0.717) is 11.6 Å². The lowest BCUT2D eigenvalue weighted by Crippen LogP contribution is -2.35. The van der Waals surface area contributed by atoms with E-state index in [9.17, 15) is 4.79 Å². The highest BCUT2D eigenvalue weighted by atomic mass is 79.9. The smallest absolute Gasteiger partial charge is 0.315 e. The summed E-state index contributed by atoms with van der Waals surface area (Å²) in [6.07, 6.45) is 5.01. The number of hydrogen-bond acceptors (Lipinski definition) is 1. The van der Waals surface area contributed by atoms with Gasteiger partial charge in [0.25, 0.3) is 0 Å². The SMILES string of the molecule is C#CCNC(=O)NCc1ccc(Br)cc1Cl. The van der Waals surface area contributed by atoms with Gasteiger partial charge in [0.05, 0.1) is 6.54 Å². The van der Waals surface area contributed by atoms with Crippen molar-refractivity contribution in [3.63, 3.8) is 0 Å². The molecule has 3 nitrogen and oxygen atoms in total. The summed E-state index contributed by atoms with van der Waals surface area (Å²) in [6, 6.07) is 5.17. The van der Waals surface area contributed by atoms with Gasteiger partial charge in [0.1, 0.15) is 0 Å². The average Bonchev–Trinajstić information content (AvgIpc) is 2.25. The first-order valence-electron chi connectivity index (χ1n) is 4.52. The van der Waals surface area contributed by atoms with E-state index >= 15 is 0 Å². The summed E-state index contributed by atoms with van der Waals surface area (Å²) in [5, 5.41) is 5.75. The molecule has 2 amide bonds. The molecule has 16 heavy (non-hydrogen) atoms. The van der Waals surface area contributed by atoms with Gasteiger partial charge in [-0.25, -0.2) is 4.79 Å². The van der Waals surface area contributed by atoms with Crippen LogP contribution in [-0.4, -0.2) is 12.6 Å². The Morgan fingerprint density at radius 3 is 2.88 bits per heavy atom. The Morgan fingerprint density at radius 2 is 2.25 bits per heavy atom. The Hall–Kier alpha value is -1.18. The third kappa shape index (κ3) is 4.13. The topological polar surface area (TPSA) is 41.1 Å². The van der Waals surface area contributed by atoms with Gasteiger partial charge in [0.2, 0.25) is 0 Å². The number of amides is 2. The van der Waals surface area contributed by atoms with Crippen LogP contribution in [0.2, 0.25) is 5.02 Å². The molecule has 0 radical (unpaired) electrons. The largest absolute Gasteiger partial charge is 0.334 e. The summed E-state index contributed by atoms with van der Waals surface area (Å²) in [4.78, 5) is 11.2. The lowest BCUT2D eigenvalue weighted by molar-refractivity contribution is 0.241. The Bertz CT molecular complexity index is 428. The van der Waals surface area contributed by atoms with E-state index in [1.54, 1.807) is 6.07 Å². The fourth-order valence-electron chi connectivity index (χ4n) is 1.03. The molecule has 1 rings (SSSR count). The molecule has 1 aromatic rings. The lowest BCUT2D eigenvalue weighted by Gasteiger charge is -2.07. The van der Waals surface area contributed by atoms with Crippen LogP contribution in [-0.2, 0) is 6.54 Å². The number of halogens is 2. The molecule has 0 fully saturated rings. The molecule has 0 unspecified atom stereocenters. The second kappa shape index (κ2) is 6.41. The first-order valence-corrected chi connectivity index (χ1v) is 5.69. The molecule has 1 aromatic carbocycles. The fourth-order valence-corrected chi connectivity index (χ4v) is 1.77. The summed E-state index contributed by atoms with van der Waals surface area (Å²) < 4.78 is 0.901. The Balaban J connectivity index is 2.49. The maximum atomic E-state index is 11.2. The summed E-state index contributed by atoms with van der Waals surface area (Å²) >= 11 is 9.29. The van der Waals surface area contributed by atoms with Crippen LogP contribution in [0.1, 0.15) is 5.56 Å². The highest BCUT2D eigenvalue weighted by molar-refractivity contribution is 9.10. The molecule has 0 spiro atoms. The molecule has 0 aliphatic carbocycles. The Kier molecular flexibility index (Phi) is 5.17. The van der Waals surface area contributed by atoms with Gasteiger partial charge in [-0.2, -0.15) is 0 Å². The number of benzene rings is 1. The van der Waals surface area contributed by atoms with Crippen molar-refractivity contribution in [2.24, 2.45) is 0 Å². The molecule has 0 atom stereocenters. The molecule has 0 saturated heterocycles. The molecule has 5 heteroatoms. The van der Waals surface area contributed by atoms with Gasteiger partial charge in [-0.15, -0.1) is 6.42 Å². The van der Waals surface area contributed by atoms with E-state index in [-0.39, 0.29) is 12.6 Å². The zero-order chi connectivity index (χ0) is 12.0. The van der Waals surface area contributed by atoms with E-state index in [1.807, 2.05) is 12.1 Å². The molecular weight excluding hydrogens is 291 g/mol. The molecule has 0 saturated carbocycles. The minimum atomic E-state index is -0.308. The lowest BCUT2D eigenvalue weighted by atomic mass is 10.2. The Labute approximate surface area is 108 Å². The van der Waals surface area contributed by atoms with E-state index in [0.717, 1.165) is 10.0 Å². The third-order valence-electron chi connectivity index (χ3n) is 1.81. The molecule has 0 aromatic heterocycles. The van der Waals surface area contributed by atoms with Crippen LogP contribution < -0.4 is 10.6 Å². The molecule has 0 bridgehead atoms. The summed E-state index contributed by atoms with van der Waals surface area (Å²) in [6.45, 7) is 0.572. The van der Waals surface area contributed by atoms with Crippen molar-refractivity contribution < 1.29 is 4.79 Å².